The van der Waals surface area contributed by atoms with E-state index in [1.165, 1.54) is 6.42 Å². The molecule has 0 spiro atoms. The van der Waals surface area contributed by atoms with Crippen molar-refractivity contribution in [3.05, 3.63) is 0 Å². The second kappa shape index (κ2) is 6.62. The van der Waals surface area contributed by atoms with Crippen LogP contribution in [0.5, 0.6) is 0 Å². The van der Waals surface area contributed by atoms with Crippen molar-refractivity contribution in [2.24, 2.45) is 5.92 Å². The lowest BCUT2D eigenvalue weighted by molar-refractivity contribution is 0.117. The summed E-state index contributed by atoms with van der Waals surface area (Å²) < 4.78 is 5.09. The molecule has 11 heavy (non-hydrogen) atoms. The van der Waals surface area contributed by atoms with Gasteiger partial charge in [0, 0.05) is 13.7 Å². The standard InChI is InChI=1S/C9H21NO/c1-8(2)5-6-10-7-9(3)11-4/h8-10H,5-7H2,1-4H3. The molecule has 1 N–H and O–H groups in total. The molecule has 0 aliphatic carbocycles. The molecule has 0 radical (unpaired) electrons. The molecule has 0 saturated carbocycles. The first-order valence-electron chi connectivity index (χ1n) is 4.40. The molecule has 0 bridgehead atoms. The third-order valence-corrected chi connectivity index (χ3v) is 1.73. The number of hydrogen-bond donors (Lipinski definition) is 1. The van der Waals surface area contributed by atoms with Gasteiger partial charge in [-0.3, -0.25) is 0 Å². The predicted octanol–water partition coefficient (Wildman–Crippen LogP) is 1.66. The fourth-order valence-corrected chi connectivity index (χ4v) is 0.779. The first-order chi connectivity index (χ1) is 5.16. The molecule has 0 rings (SSSR count). The summed E-state index contributed by atoms with van der Waals surface area (Å²) in [6, 6.07) is 0. The Morgan fingerprint density at radius 2 is 1.91 bits per heavy atom. The smallest absolute Gasteiger partial charge is 0.0667 e. The fourth-order valence-electron chi connectivity index (χ4n) is 0.779. The van der Waals surface area contributed by atoms with Crippen LogP contribution in [0.25, 0.3) is 0 Å². The minimum absolute atomic E-state index is 0.335. The first kappa shape index (κ1) is 10.9. The maximum atomic E-state index is 5.09. The van der Waals surface area contributed by atoms with Gasteiger partial charge in [0.1, 0.15) is 0 Å². The Morgan fingerprint density at radius 1 is 1.27 bits per heavy atom. The number of nitrogens with one attached hydrogen (secondary N) is 1. The van der Waals surface area contributed by atoms with Crippen LogP contribution >= 0.6 is 0 Å². The van der Waals surface area contributed by atoms with Gasteiger partial charge in [-0.15, -0.1) is 0 Å². The zero-order valence-electron chi connectivity index (χ0n) is 8.18. The summed E-state index contributed by atoms with van der Waals surface area (Å²) in [6.45, 7) is 8.61. The van der Waals surface area contributed by atoms with Gasteiger partial charge in [0.05, 0.1) is 6.10 Å². The van der Waals surface area contributed by atoms with E-state index in [1.807, 2.05) is 0 Å². The lowest BCUT2D eigenvalue weighted by Crippen LogP contribution is -2.27. The quantitative estimate of drug-likeness (QED) is 0.595. The van der Waals surface area contributed by atoms with Crippen LogP contribution in [-0.2, 0) is 4.74 Å². The summed E-state index contributed by atoms with van der Waals surface area (Å²) in [7, 11) is 1.74. The van der Waals surface area contributed by atoms with Crippen molar-refractivity contribution in [1.82, 2.24) is 5.32 Å². The van der Waals surface area contributed by atoms with E-state index < -0.39 is 0 Å². The zero-order chi connectivity index (χ0) is 8.69. The molecule has 0 amide bonds. The van der Waals surface area contributed by atoms with Crippen LogP contribution in [0.15, 0.2) is 0 Å². The second-order valence-electron chi connectivity index (χ2n) is 3.43. The lowest BCUT2D eigenvalue weighted by atomic mass is 10.1. The lowest BCUT2D eigenvalue weighted by Gasteiger charge is -2.11. The van der Waals surface area contributed by atoms with Gasteiger partial charge < -0.3 is 10.1 Å². The highest BCUT2D eigenvalue weighted by molar-refractivity contribution is 4.55. The van der Waals surface area contributed by atoms with Crippen molar-refractivity contribution >= 4 is 0 Å². The highest BCUT2D eigenvalue weighted by Gasteiger charge is 1.97. The first-order valence-corrected chi connectivity index (χ1v) is 4.40. The van der Waals surface area contributed by atoms with Gasteiger partial charge in [-0.05, 0) is 25.8 Å². The molecule has 0 aromatic carbocycles. The SMILES string of the molecule is COC(C)CNCCC(C)C. The Hall–Kier alpha value is -0.0800. The summed E-state index contributed by atoms with van der Waals surface area (Å²) in [5.74, 6) is 0.792. The van der Waals surface area contributed by atoms with Gasteiger partial charge in [0.25, 0.3) is 0 Å². The summed E-state index contributed by atoms with van der Waals surface area (Å²) in [5, 5.41) is 3.34. The van der Waals surface area contributed by atoms with Gasteiger partial charge in [0.15, 0.2) is 0 Å². The maximum absolute atomic E-state index is 5.09. The van der Waals surface area contributed by atoms with Crippen LogP contribution in [0.1, 0.15) is 27.2 Å². The molecule has 0 heterocycles. The minimum Gasteiger partial charge on any atom is -0.380 e. The van der Waals surface area contributed by atoms with Crippen LogP contribution in [-0.4, -0.2) is 26.3 Å². The van der Waals surface area contributed by atoms with Crippen molar-refractivity contribution in [2.75, 3.05) is 20.2 Å². The van der Waals surface area contributed by atoms with E-state index in [4.69, 9.17) is 4.74 Å². The Kier molecular flexibility index (Phi) is 6.57. The molecular weight excluding hydrogens is 138 g/mol. The van der Waals surface area contributed by atoms with E-state index in [1.54, 1.807) is 7.11 Å². The van der Waals surface area contributed by atoms with Crippen molar-refractivity contribution in [1.29, 1.82) is 0 Å². The molecule has 2 nitrogen and oxygen atoms in total. The van der Waals surface area contributed by atoms with Gasteiger partial charge >= 0.3 is 0 Å². The number of rotatable bonds is 6. The van der Waals surface area contributed by atoms with Gasteiger partial charge in [0.2, 0.25) is 0 Å². The highest BCUT2D eigenvalue weighted by Crippen LogP contribution is 1.96. The van der Waals surface area contributed by atoms with Crippen molar-refractivity contribution < 1.29 is 4.74 Å². The van der Waals surface area contributed by atoms with Gasteiger partial charge in [-0.1, -0.05) is 13.8 Å². The topological polar surface area (TPSA) is 21.3 Å². The van der Waals surface area contributed by atoms with Crippen LogP contribution in [0.3, 0.4) is 0 Å². The third-order valence-electron chi connectivity index (χ3n) is 1.73. The van der Waals surface area contributed by atoms with E-state index >= 15 is 0 Å². The molecule has 0 aromatic heterocycles. The third kappa shape index (κ3) is 7.82. The zero-order valence-corrected chi connectivity index (χ0v) is 8.18. The Balaban J connectivity index is 3.01. The summed E-state index contributed by atoms with van der Waals surface area (Å²) in [4.78, 5) is 0. The molecule has 0 fully saturated rings. The normalized spacial score (nSPS) is 13.9. The molecule has 0 saturated heterocycles. The predicted molar refractivity (Wildman–Crippen MR) is 48.8 cm³/mol. The molecule has 0 aliphatic rings. The van der Waals surface area contributed by atoms with Gasteiger partial charge in [-0.25, -0.2) is 0 Å². The Bertz CT molecular complexity index is 83.6. The minimum atomic E-state index is 0.335. The molecular formula is C9H21NO. The fraction of sp³-hybridized carbons (Fsp3) is 1.00. The number of methoxy groups -OCH3 is 1. The molecule has 0 aliphatic heterocycles. The van der Waals surface area contributed by atoms with Crippen molar-refractivity contribution in [3.63, 3.8) is 0 Å². The monoisotopic (exact) mass is 159 g/mol. The molecule has 0 aromatic rings. The van der Waals surface area contributed by atoms with Crippen LogP contribution in [0.2, 0.25) is 0 Å². The van der Waals surface area contributed by atoms with E-state index in [9.17, 15) is 0 Å². The van der Waals surface area contributed by atoms with E-state index in [2.05, 4.69) is 26.1 Å². The van der Waals surface area contributed by atoms with E-state index in [0.29, 0.717) is 6.10 Å². The van der Waals surface area contributed by atoms with Gasteiger partial charge in [-0.2, -0.15) is 0 Å². The molecule has 68 valence electrons. The molecule has 1 atom stereocenters. The number of hydrogen-bond acceptors (Lipinski definition) is 2. The van der Waals surface area contributed by atoms with Crippen LogP contribution < -0.4 is 5.32 Å². The Labute approximate surface area is 70.3 Å². The number of ether oxygens (including phenoxy) is 1. The van der Waals surface area contributed by atoms with E-state index in [0.717, 1.165) is 19.0 Å². The Morgan fingerprint density at radius 3 is 2.36 bits per heavy atom. The van der Waals surface area contributed by atoms with Crippen LogP contribution in [0.4, 0.5) is 0 Å². The summed E-state index contributed by atoms with van der Waals surface area (Å²) in [5.41, 5.74) is 0. The molecule has 2 heteroatoms. The van der Waals surface area contributed by atoms with Crippen LogP contribution in [0, 0.1) is 5.92 Å². The summed E-state index contributed by atoms with van der Waals surface area (Å²) in [6.07, 6.45) is 1.58. The molecule has 1 unspecified atom stereocenters. The second-order valence-corrected chi connectivity index (χ2v) is 3.43. The maximum Gasteiger partial charge on any atom is 0.0667 e. The largest absolute Gasteiger partial charge is 0.380 e. The van der Waals surface area contributed by atoms with Crippen molar-refractivity contribution in [2.45, 2.75) is 33.3 Å². The summed E-state index contributed by atoms with van der Waals surface area (Å²) >= 11 is 0. The van der Waals surface area contributed by atoms with Crippen molar-refractivity contribution in [3.8, 4) is 0 Å². The van der Waals surface area contributed by atoms with E-state index in [-0.39, 0.29) is 0 Å². The highest BCUT2D eigenvalue weighted by atomic mass is 16.5. The average Bonchev–Trinajstić information content (AvgIpc) is 1.97. The average molecular weight is 159 g/mol.